The van der Waals surface area contributed by atoms with Crippen LogP contribution in [0.3, 0.4) is 0 Å². The summed E-state index contributed by atoms with van der Waals surface area (Å²) >= 11 is 0. The zero-order valence-electron chi connectivity index (χ0n) is 12.7. The van der Waals surface area contributed by atoms with Crippen molar-refractivity contribution in [3.63, 3.8) is 0 Å². The average molecular weight is 316 g/mol. The molecule has 118 valence electrons. The lowest BCUT2D eigenvalue weighted by molar-refractivity contribution is 0.108. The van der Waals surface area contributed by atoms with Crippen molar-refractivity contribution in [3.8, 4) is 0 Å². The number of hydrogen-bond donors (Lipinski definition) is 0. The molecule has 0 aromatic carbocycles. The molecule has 9 heteroatoms. The summed E-state index contributed by atoms with van der Waals surface area (Å²) in [7, 11) is -0.555. The van der Waals surface area contributed by atoms with Crippen LogP contribution in [0.4, 0.5) is 4.79 Å². The lowest BCUT2D eigenvalue weighted by Gasteiger charge is -2.33. The van der Waals surface area contributed by atoms with Crippen molar-refractivity contribution in [2.24, 2.45) is 7.05 Å². The highest BCUT2D eigenvalue weighted by molar-refractivity contribution is 7.89. The van der Waals surface area contributed by atoms with Crippen LogP contribution in [0.25, 0.3) is 0 Å². The Balaban J connectivity index is 2.21. The van der Waals surface area contributed by atoms with Gasteiger partial charge in [0.2, 0.25) is 10.0 Å². The number of nitrogens with zero attached hydrogens (tertiary/aromatic N) is 4. The summed E-state index contributed by atoms with van der Waals surface area (Å²) < 4.78 is 33.0. The lowest BCUT2D eigenvalue weighted by atomic mass is 10.4. The summed E-state index contributed by atoms with van der Waals surface area (Å²) in [5.41, 5.74) is 1.10. The molecule has 2 rings (SSSR count). The quantitative estimate of drug-likeness (QED) is 0.773. The Hall–Kier alpha value is -1.61. The fourth-order valence-corrected chi connectivity index (χ4v) is 4.32. The number of rotatable bonds is 2. The zero-order chi connectivity index (χ0) is 15.8. The van der Waals surface area contributed by atoms with Crippen LogP contribution in [0.5, 0.6) is 0 Å². The molecule has 1 fully saturated rings. The van der Waals surface area contributed by atoms with Crippen LogP contribution in [0.1, 0.15) is 11.4 Å². The number of methoxy groups -OCH3 is 1. The highest BCUT2D eigenvalue weighted by atomic mass is 32.2. The Kier molecular flexibility index (Phi) is 4.24. The summed E-state index contributed by atoms with van der Waals surface area (Å²) in [5.74, 6) is 0. The van der Waals surface area contributed by atoms with Gasteiger partial charge in [0.15, 0.2) is 0 Å². The van der Waals surface area contributed by atoms with Crippen LogP contribution < -0.4 is 0 Å². The predicted molar refractivity (Wildman–Crippen MR) is 75.4 cm³/mol. The molecule has 1 aromatic rings. The van der Waals surface area contributed by atoms with Gasteiger partial charge in [0.25, 0.3) is 0 Å². The largest absolute Gasteiger partial charge is 0.453 e. The van der Waals surface area contributed by atoms with E-state index in [-0.39, 0.29) is 18.0 Å². The minimum absolute atomic E-state index is 0.255. The number of carbonyl (C=O) groups is 1. The lowest BCUT2D eigenvalue weighted by Crippen LogP contribution is -2.50. The Labute approximate surface area is 124 Å². The van der Waals surface area contributed by atoms with Gasteiger partial charge in [0.1, 0.15) is 4.90 Å². The fraction of sp³-hybridized carbons (Fsp3) is 0.667. The third-order valence-corrected chi connectivity index (χ3v) is 5.86. The van der Waals surface area contributed by atoms with Gasteiger partial charge in [-0.2, -0.15) is 9.40 Å². The number of aromatic nitrogens is 2. The first kappa shape index (κ1) is 15.8. The van der Waals surface area contributed by atoms with Gasteiger partial charge < -0.3 is 9.64 Å². The minimum atomic E-state index is -3.59. The Morgan fingerprint density at radius 1 is 1.19 bits per heavy atom. The SMILES string of the molecule is COC(=O)N1CCN(S(=O)(=O)c2c(C)nn(C)c2C)CC1. The molecule has 0 bridgehead atoms. The molecular weight excluding hydrogens is 296 g/mol. The van der Waals surface area contributed by atoms with E-state index in [2.05, 4.69) is 9.84 Å². The third-order valence-electron chi connectivity index (χ3n) is 3.71. The first-order chi connectivity index (χ1) is 9.78. The molecule has 0 unspecified atom stereocenters. The predicted octanol–water partition coefficient (Wildman–Crippen LogP) is 0.110. The van der Waals surface area contributed by atoms with Crippen molar-refractivity contribution >= 4 is 16.1 Å². The second kappa shape index (κ2) is 5.64. The number of amides is 1. The Morgan fingerprint density at radius 3 is 2.19 bits per heavy atom. The van der Waals surface area contributed by atoms with E-state index >= 15 is 0 Å². The van der Waals surface area contributed by atoms with Gasteiger partial charge in [0, 0.05) is 33.2 Å². The van der Waals surface area contributed by atoms with Crippen LogP contribution in [0.15, 0.2) is 4.90 Å². The van der Waals surface area contributed by atoms with E-state index in [0.29, 0.717) is 24.5 Å². The maximum atomic E-state index is 12.7. The number of piperazine rings is 1. The summed E-state index contributed by atoms with van der Waals surface area (Å²) in [6.45, 7) is 4.58. The van der Waals surface area contributed by atoms with Crippen molar-refractivity contribution in [1.29, 1.82) is 0 Å². The standard InChI is InChI=1S/C12H20N4O4S/c1-9-11(10(2)14(3)13-9)21(18,19)16-7-5-15(6-8-16)12(17)20-4/h5-8H2,1-4H3. The zero-order valence-corrected chi connectivity index (χ0v) is 13.5. The molecule has 0 N–H and O–H groups in total. The second-order valence-electron chi connectivity index (χ2n) is 4.98. The molecular formula is C12H20N4O4S. The van der Waals surface area contributed by atoms with E-state index < -0.39 is 16.1 Å². The number of carbonyl (C=O) groups excluding carboxylic acids is 1. The summed E-state index contributed by atoms with van der Waals surface area (Å²) in [5, 5.41) is 4.15. The number of aryl methyl sites for hydroxylation is 2. The van der Waals surface area contributed by atoms with Crippen molar-refractivity contribution in [1.82, 2.24) is 19.0 Å². The molecule has 0 atom stereocenters. The molecule has 1 saturated heterocycles. The van der Waals surface area contributed by atoms with Crippen LogP contribution in [0, 0.1) is 13.8 Å². The number of ether oxygens (including phenoxy) is 1. The smallest absolute Gasteiger partial charge is 0.409 e. The van der Waals surface area contributed by atoms with Gasteiger partial charge in [-0.25, -0.2) is 13.2 Å². The van der Waals surface area contributed by atoms with Crippen LogP contribution >= 0.6 is 0 Å². The topological polar surface area (TPSA) is 84.7 Å². The van der Waals surface area contributed by atoms with Gasteiger partial charge in [-0.3, -0.25) is 4.68 Å². The van der Waals surface area contributed by atoms with Gasteiger partial charge in [-0.15, -0.1) is 0 Å². The van der Waals surface area contributed by atoms with E-state index in [1.54, 1.807) is 25.6 Å². The third kappa shape index (κ3) is 2.75. The van der Waals surface area contributed by atoms with Gasteiger partial charge in [-0.1, -0.05) is 0 Å². The van der Waals surface area contributed by atoms with Crippen molar-refractivity contribution in [3.05, 3.63) is 11.4 Å². The molecule has 8 nitrogen and oxygen atoms in total. The van der Waals surface area contributed by atoms with Gasteiger partial charge >= 0.3 is 6.09 Å². The monoisotopic (exact) mass is 316 g/mol. The van der Waals surface area contributed by atoms with Crippen LogP contribution in [-0.4, -0.2) is 66.8 Å². The van der Waals surface area contributed by atoms with E-state index in [0.717, 1.165) is 0 Å². The molecule has 0 aliphatic carbocycles. The average Bonchev–Trinajstić information content (AvgIpc) is 2.71. The fourth-order valence-electron chi connectivity index (χ4n) is 2.50. The molecule has 1 aliphatic heterocycles. The molecule has 0 radical (unpaired) electrons. The summed E-state index contributed by atoms with van der Waals surface area (Å²) in [4.78, 5) is 13.2. The molecule has 0 spiro atoms. The molecule has 1 amide bonds. The second-order valence-corrected chi connectivity index (χ2v) is 6.86. The molecule has 1 aromatic heterocycles. The minimum Gasteiger partial charge on any atom is -0.453 e. The molecule has 2 heterocycles. The maximum Gasteiger partial charge on any atom is 0.409 e. The molecule has 0 saturated carbocycles. The normalized spacial score (nSPS) is 17.0. The van der Waals surface area contributed by atoms with Crippen molar-refractivity contribution in [2.75, 3.05) is 33.3 Å². The number of hydrogen-bond acceptors (Lipinski definition) is 5. The first-order valence-corrected chi connectivity index (χ1v) is 8.06. The molecule has 21 heavy (non-hydrogen) atoms. The van der Waals surface area contributed by atoms with Crippen molar-refractivity contribution < 1.29 is 17.9 Å². The van der Waals surface area contributed by atoms with Crippen LogP contribution in [-0.2, 0) is 21.8 Å². The molecule has 1 aliphatic rings. The number of sulfonamides is 1. The highest BCUT2D eigenvalue weighted by Gasteiger charge is 2.33. The summed E-state index contributed by atoms with van der Waals surface area (Å²) in [6, 6.07) is 0. The van der Waals surface area contributed by atoms with E-state index in [9.17, 15) is 13.2 Å². The first-order valence-electron chi connectivity index (χ1n) is 6.62. The Bertz CT molecular complexity index is 644. The van der Waals surface area contributed by atoms with Crippen LogP contribution in [0.2, 0.25) is 0 Å². The Morgan fingerprint density at radius 2 is 1.76 bits per heavy atom. The van der Waals surface area contributed by atoms with Gasteiger partial charge in [-0.05, 0) is 13.8 Å². The van der Waals surface area contributed by atoms with E-state index in [1.807, 2.05) is 0 Å². The summed E-state index contributed by atoms with van der Waals surface area (Å²) in [6.07, 6.45) is -0.430. The van der Waals surface area contributed by atoms with Crippen molar-refractivity contribution in [2.45, 2.75) is 18.7 Å². The van der Waals surface area contributed by atoms with E-state index in [1.165, 1.54) is 16.3 Å². The highest BCUT2D eigenvalue weighted by Crippen LogP contribution is 2.24. The van der Waals surface area contributed by atoms with E-state index in [4.69, 9.17) is 0 Å². The van der Waals surface area contributed by atoms with Gasteiger partial charge in [0.05, 0.1) is 18.5 Å². The maximum absolute atomic E-state index is 12.7.